The zero-order valence-corrected chi connectivity index (χ0v) is 16.8. The average molecular weight is 380 g/mol. The number of benzene rings is 1. The molecule has 6 nitrogen and oxygen atoms in total. The second kappa shape index (κ2) is 8.27. The SMILES string of the molecule is CNc1nc(C2CCCN2C(C)=O)nc2c1CCN(CCc1ccccc1)C2. The van der Waals surface area contributed by atoms with Gasteiger partial charge in [0.05, 0.1) is 11.7 Å². The maximum atomic E-state index is 12.0. The van der Waals surface area contributed by atoms with E-state index in [1.165, 1.54) is 11.1 Å². The standard InChI is InChI=1S/C22H29N5O/c1-16(28)27-12-6-9-20(27)22-24-19-15-26(13-10-17-7-4-3-5-8-17)14-11-18(19)21(23-2)25-22/h3-5,7-8,20H,6,9-15H2,1-2H3,(H,23,24,25). The van der Waals surface area contributed by atoms with Gasteiger partial charge in [0.1, 0.15) is 5.82 Å². The number of carbonyl (C=O) groups excluding carboxylic acids is 1. The van der Waals surface area contributed by atoms with Crippen molar-refractivity contribution in [2.75, 3.05) is 32.0 Å². The number of rotatable bonds is 5. The van der Waals surface area contributed by atoms with Crippen LogP contribution in [0.25, 0.3) is 0 Å². The lowest BCUT2D eigenvalue weighted by molar-refractivity contribution is -0.129. The third-order valence-electron chi connectivity index (χ3n) is 5.91. The summed E-state index contributed by atoms with van der Waals surface area (Å²) in [7, 11) is 1.92. The summed E-state index contributed by atoms with van der Waals surface area (Å²) in [6.07, 6.45) is 3.97. The maximum Gasteiger partial charge on any atom is 0.220 e. The molecule has 1 N–H and O–H groups in total. The van der Waals surface area contributed by atoms with Gasteiger partial charge in [0.15, 0.2) is 5.82 Å². The van der Waals surface area contributed by atoms with Gasteiger partial charge in [-0.25, -0.2) is 9.97 Å². The molecular formula is C22H29N5O. The molecule has 1 aromatic carbocycles. The van der Waals surface area contributed by atoms with E-state index in [0.717, 1.165) is 69.2 Å². The van der Waals surface area contributed by atoms with E-state index in [2.05, 4.69) is 40.5 Å². The quantitative estimate of drug-likeness (QED) is 0.866. The van der Waals surface area contributed by atoms with Crippen molar-refractivity contribution in [1.29, 1.82) is 0 Å². The molecule has 0 saturated carbocycles. The highest BCUT2D eigenvalue weighted by molar-refractivity contribution is 5.74. The molecule has 148 valence electrons. The van der Waals surface area contributed by atoms with Crippen LogP contribution in [0.3, 0.4) is 0 Å². The summed E-state index contributed by atoms with van der Waals surface area (Å²) in [4.78, 5) is 26.1. The van der Waals surface area contributed by atoms with Crippen LogP contribution in [0.1, 0.15) is 48.5 Å². The number of nitrogens with one attached hydrogen (secondary N) is 1. The van der Waals surface area contributed by atoms with E-state index in [1.54, 1.807) is 6.92 Å². The van der Waals surface area contributed by atoms with Gasteiger partial charge in [-0.05, 0) is 31.2 Å². The minimum atomic E-state index is 0.00888. The molecule has 0 spiro atoms. The molecule has 1 unspecified atom stereocenters. The van der Waals surface area contributed by atoms with Gasteiger partial charge < -0.3 is 10.2 Å². The highest BCUT2D eigenvalue weighted by atomic mass is 16.2. The van der Waals surface area contributed by atoms with Crippen molar-refractivity contribution in [1.82, 2.24) is 19.8 Å². The maximum absolute atomic E-state index is 12.0. The molecule has 2 aliphatic rings. The van der Waals surface area contributed by atoms with Gasteiger partial charge in [-0.1, -0.05) is 30.3 Å². The molecule has 1 amide bonds. The number of nitrogens with zero attached hydrogens (tertiary/aromatic N) is 4. The Morgan fingerprint density at radius 2 is 2.04 bits per heavy atom. The largest absolute Gasteiger partial charge is 0.373 e. The number of aromatic nitrogens is 2. The first-order valence-corrected chi connectivity index (χ1v) is 10.3. The van der Waals surface area contributed by atoms with Crippen LogP contribution in [0.4, 0.5) is 5.82 Å². The topological polar surface area (TPSA) is 61.4 Å². The van der Waals surface area contributed by atoms with Gasteiger partial charge in [0.25, 0.3) is 0 Å². The lowest BCUT2D eigenvalue weighted by atomic mass is 10.0. The fourth-order valence-electron chi connectivity index (χ4n) is 4.39. The smallest absolute Gasteiger partial charge is 0.220 e. The normalized spacial score (nSPS) is 19.5. The predicted molar refractivity (Wildman–Crippen MR) is 110 cm³/mol. The van der Waals surface area contributed by atoms with E-state index in [4.69, 9.17) is 9.97 Å². The molecule has 6 heteroatoms. The molecule has 2 aliphatic heterocycles. The summed E-state index contributed by atoms with van der Waals surface area (Å²) >= 11 is 0. The van der Waals surface area contributed by atoms with Crippen LogP contribution in [0.15, 0.2) is 30.3 Å². The monoisotopic (exact) mass is 379 g/mol. The Labute approximate surface area is 167 Å². The summed E-state index contributed by atoms with van der Waals surface area (Å²) in [6, 6.07) is 10.6. The van der Waals surface area contributed by atoms with E-state index >= 15 is 0 Å². The van der Waals surface area contributed by atoms with Gasteiger partial charge >= 0.3 is 0 Å². The van der Waals surface area contributed by atoms with Gasteiger partial charge in [-0.2, -0.15) is 0 Å². The van der Waals surface area contributed by atoms with Gasteiger partial charge in [-0.3, -0.25) is 9.69 Å². The Bertz CT molecular complexity index is 838. The molecule has 0 radical (unpaired) electrons. The van der Waals surface area contributed by atoms with Crippen LogP contribution >= 0.6 is 0 Å². The van der Waals surface area contributed by atoms with Crippen LogP contribution < -0.4 is 5.32 Å². The molecule has 1 atom stereocenters. The molecule has 28 heavy (non-hydrogen) atoms. The van der Waals surface area contributed by atoms with Crippen molar-refractivity contribution >= 4 is 11.7 Å². The number of anilines is 1. The predicted octanol–water partition coefficient (Wildman–Crippen LogP) is 2.80. The first-order valence-electron chi connectivity index (χ1n) is 10.3. The number of hydrogen-bond acceptors (Lipinski definition) is 5. The van der Waals surface area contributed by atoms with Crippen LogP contribution in [-0.4, -0.2) is 52.4 Å². The number of amides is 1. The highest BCUT2D eigenvalue weighted by Crippen LogP contribution is 2.33. The van der Waals surface area contributed by atoms with E-state index in [9.17, 15) is 4.79 Å². The van der Waals surface area contributed by atoms with Crippen molar-refractivity contribution in [3.63, 3.8) is 0 Å². The van der Waals surface area contributed by atoms with E-state index < -0.39 is 0 Å². The average Bonchev–Trinajstić information content (AvgIpc) is 3.22. The van der Waals surface area contributed by atoms with E-state index in [-0.39, 0.29) is 11.9 Å². The highest BCUT2D eigenvalue weighted by Gasteiger charge is 2.32. The molecule has 4 rings (SSSR count). The second-order valence-electron chi connectivity index (χ2n) is 7.74. The van der Waals surface area contributed by atoms with Gasteiger partial charge in [-0.15, -0.1) is 0 Å². The van der Waals surface area contributed by atoms with Crippen molar-refractivity contribution < 1.29 is 4.79 Å². The Morgan fingerprint density at radius 3 is 2.79 bits per heavy atom. The summed E-state index contributed by atoms with van der Waals surface area (Å²) in [5.41, 5.74) is 3.72. The molecule has 0 aliphatic carbocycles. The summed E-state index contributed by atoms with van der Waals surface area (Å²) < 4.78 is 0. The fraction of sp³-hybridized carbons (Fsp3) is 0.500. The number of likely N-dealkylation sites (tertiary alicyclic amines) is 1. The summed E-state index contributed by atoms with van der Waals surface area (Å²) in [5.74, 6) is 1.83. The zero-order valence-electron chi connectivity index (χ0n) is 16.8. The van der Waals surface area contributed by atoms with Crippen LogP contribution in [0.5, 0.6) is 0 Å². The van der Waals surface area contributed by atoms with Crippen LogP contribution in [-0.2, 0) is 24.2 Å². The lowest BCUT2D eigenvalue weighted by Gasteiger charge is -2.30. The Morgan fingerprint density at radius 1 is 1.21 bits per heavy atom. The summed E-state index contributed by atoms with van der Waals surface area (Å²) in [5, 5.41) is 3.26. The molecule has 2 aromatic rings. The molecular weight excluding hydrogens is 350 g/mol. The Kier molecular flexibility index (Phi) is 5.57. The van der Waals surface area contributed by atoms with Crippen molar-refractivity contribution in [3.8, 4) is 0 Å². The Balaban J connectivity index is 1.53. The minimum Gasteiger partial charge on any atom is -0.373 e. The fourth-order valence-corrected chi connectivity index (χ4v) is 4.39. The minimum absolute atomic E-state index is 0.00888. The first-order chi connectivity index (χ1) is 13.7. The summed E-state index contributed by atoms with van der Waals surface area (Å²) in [6.45, 7) is 5.35. The van der Waals surface area contributed by atoms with Crippen molar-refractivity contribution in [2.24, 2.45) is 0 Å². The molecule has 3 heterocycles. The zero-order chi connectivity index (χ0) is 19.5. The number of fused-ring (bicyclic) bond motifs is 1. The molecule has 0 bridgehead atoms. The second-order valence-corrected chi connectivity index (χ2v) is 7.74. The van der Waals surface area contributed by atoms with E-state index in [0.29, 0.717) is 0 Å². The van der Waals surface area contributed by atoms with Crippen LogP contribution in [0.2, 0.25) is 0 Å². The number of hydrogen-bond donors (Lipinski definition) is 1. The van der Waals surface area contributed by atoms with Crippen molar-refractivity contribution in [2.45, 2.75) is 45.2 Å². The first kappa shape index (κ1) is 18.9. The Hall–Kier alpha value is -2.47. The molecule has 1 aromatic heterocycles. The third-order valence-corrected chi connectivity index (χ3v) is 5.91. The van der Waals surface area contributed by atoms with Gasteiger partial charge in [0, 0.05) is 45.7 Å². The van der Waals surface area contributed by atoms with E-state index in [1.807, 2.05) is 11.9 Å². The molecule has 1 fully saturated rings. The number of carbonyl (C=O) groups is 1. The molecule has 1 saturated heterocycles. The lowest BCUT2D eigenvalue weighted by Crippen LogP contribution is -2.35. The van der Waals surface area contributed by atoms with Crippen molar-refractivity contribution in [3.05, 3.63) is 53.0 Å². The third kappa shape index (κ3) is 3.87. The van der Waals surface area contributed by atoms with Gasteiger partial charge in [0.2, 0.25) is 5.91 Å². The van der Waals surface area contributed by atoms with Crippen LogP contribution in [0, 0.1) is 0 Å².